The molecular weight excluding hydrogens is 250 g/mol. The van der Waals surface area contributed by atoms with Crippen LogP contribution in [0.2, 0.25) is 0 Å². The largest absolute Gasteiger partial charge is 0.381 e. The quantitative estimate of drug-likeness (QED) is 0.591. The van der Waals surface area contributed by atoms with Crippen molar-refractivity contribution in [1.29, 1.82) is 0 Å². The Kier molecular flexibility index (Phi) is 4.45. The minimum absolute atomic E-state index is 0.111. The van der Waals surface area contributed by atoms with Crippen LogP contribution in [-0.4, -0.2) is 41.2 Å². The second-order valence-electron chi connectivity index (χ2n) is 4.33. The lowest BCUT2D eigenvalue weighted by Gasteiger charge is -2.11. The SMILES string of the molecule is CCNc1ncc([N+](=O)[O-])c(NCC2CCOC2)n1. The van der Waals surface area contributed by atoms with Crippen LogP contribution < -0.4 is 10.6 Å². The van der Waals surface area contributed by atoms with Gasteiger partial charge in [-0.05, 0) is 13.3 Å². The van der Waals surface area contributed by atoms with E-state index in [0.717, 1.165) is 13.0 Å². The van der Waals surface area contributed by atoms with Gasteiger partial charge >= 0.3 is 5.69 Å². The molecule has 2 rings (SSSR count). The molecule has 2 N–H and O–H groups in total. The predicted molar refractivity (Wildman–Crippen MR) is 70.3 cm³/mol. The molecule has 8 nitrogen and oxygen atoms in total. The Labute approximate surface area is 110 Å². The van der Waals surface area contributed by atoms with E-state index in [0.29, 0.717) is 31.6 Å². The summed E-state index contributed by atoms with van der Waals surface area (Å²) in [5, 5.41) is 16.9. The van der Waals surface area contributed by atoms with Crippen LogP contribution in [0.3, 0.4) is 0 Å². The van der Waals surface area contributed by atoms with Crippen LogP contribution in [0.4, 0.5) is 17.5 Å². The van der Waals surface area contributed by atoms with Crippen molar-refractivity contribution in [3.05, 3.63) is 16.3 Å². The zero-order chi connectivity index (χ0) is 13.7. The van der Waals surface area contributed by atoms with Crippen molar-refractivity contribution in [2.24, 2.45) is 5.92 Å². The van der Waals surface area contributed by atoms with Gasteiger partial charge in [0.25, 0.3) is 0 Å². The van der Waals surface area contributed by atoms with E-state index in [2.05, 4.69) is 20.6 Å². The molecule has 0 spiro atoms. The summed E-state index contributed by atoms with van der Waals surface area (Å²) >= 11 is 0. The highest BCUT2D eigenvalue weighted by atomic mass is 16.6. The van der Waals surface area contributed by atoms with Gasteiger partial charge in [0.15, 0.2) is 0 Å². The van der Waals surface area contributed by atoms with Crippen molar-refractivity contribution in [2.45, 2.75) is 13.3 Å². The van der Waals surface area contributed by atoms with E-state index < -0.39 is 4.92 Å². The highest BCUT2D eigenvalue weighted by Crippen LogP contribution is 2.23. The standard InChI is InChI=1S/C11H17N5O3/c1-2-12-11-14-6-9(16(17)18)10(15-11)13-5-8-3-4-19-7-8/h6,8H,2-5,7H2,1H3,(H2,12,13,14,15). The molecule has 1 unspecified atom stereocenters. The molecule has 1 aromatic rings. The Hall–Kier alpha value is -1.96. The van der Waals surface area contributed by atoms with Crippen molar-refractivity contribution in [3.8, 4) is 0 Å². The number of nitro groups is 1. The zero-order valence-electron chi connectivity index (χ0n) is 10.8. The van der Waals surface area contributed by atoms with Gasteiger partial charge in [0.05, 0.1) is 11.5 Å². The number of nitrogens with one attached hydrogen (secondary N) is 2. The van der Waals surface area contributed by atoms with E-state index in [1.54, 1.807) is 0 Å². The van der Waals surface area contributed by atoms with Gasteiger partial charge in [-0.2, -0.15) is 4.98 Å². The maximum Gasteiger partial charge on any atom is 0.329 e. The second-order valence-corrected chi connectivity index (χ2v) is 4.33. The Morgan fingerprint density at radius 1 is 1.58 bits per heavy atom. The number of hydrogen-bond acceptors (Lipinski definition) is 7. The van der Waals surface area contributed by atoms with Crippen LogP contribution >= 0.6 is 0 Å². The fourth-order valence-electron chi connectivity index (χ4n) is 1.87. The summed E-state index contributed by atoms with van der Waals surface area (Å²) < 4.78 is 5.27. The summed E-state index contributed by atoms with van der Waals surface area (Å²) in [6, 6.07) is 0. The monoisotopic (exact) mass is 267 g/mol. The lowest BCUT2D eigenvalue weighted by Crippen LogP contribution is -2.16. The first-order valence-corrected chi connectivity index (χ1v) is 6.27. The van der Waals surface area contributed by atoms with Gasteiger partial charge in [-0.15, -0.1) is 0 Å². The van der Waals surface area contributed by atoms with E-state index in [4.69, 9.17) is 4.74 Å². The van der Waals surface area contributed by atoms with Crippen LogP contribution in [0.25, 0.3) is 0 Å². The molecule has 1 fully saturated rings. The van der Waals surface area contributed by atoms with Crippen LogP contribution in [0.5, 0.6) is 0 Å². The molecule has 1 saturated heterocycles. The zero-order valence-corrected chi connectivity index (χ0v) is 10.8. The molecule has 2 heterocycles. The molecule has 0 amide bonds. The highest BCUT2D eigenvalue weighted by Gasteiger charge is 2.20. The van der Waals surface area contributed by atoms with Crippen LogP contribution in [0.1, 0.15) is 13.3 Å². The smallest absolute Gasteiger partial charge is 0.329 e. The third-order valence-corrected chi connectivity index (χ3v) is 2.88. The third-order valence-electron chi connectivity index (χ3n) is 2.88. The van der Waals surface area contributed by atoms with E-state index in [9.17, 15) is 10.1 Å². The minimum Gasteiger partial charge on any atom is -0.381 e. The molecule has 0 aromatic carbocycles. The van der Waals surface area contributed by atoms with Gasteiger partial charge in [-0.1, -0.05) is 0 Å². The number of anilines is 2. The molecule has 0 radical (unpaired) electrons. The minimum atomic E-state index is -0.483. The normalized spacial score (nSPS) is 18.3. The van der Waals surface area contributed by atoms with Crippen molar-refractivity contribution in [2.75, 3.05) is 36.9 Å². The molecule has 1 aliphatic heterocycles. The number of nitrogens with zero attached hydrogens (tertiary/aromatic N) is 3. The number of hydrogen-bond donors (Lipinski definition) is 2. The molecule has 1 aromatic heterocycles. The van der Waals surface area contributed by atoms with E-state index in [1.165, 1.54) is 6.20 Å². The predicted octanol–water partition coefficient (Wildman–Crippen LogP) is 1.26. The van der Waals surface area contributed by atoms with Crippen LogP contribution in [-0.2, 0) is 4.74 Å². The second kappa shape index (κ2) is 6.28. The molecule has 19 heavy (non-hydrogen) atoms. The Bertz CT molecular complexity index is 448. The summed E-state index contributed by atoms with van der Waals surface area (Å²) in [6.07, 6.45) is 2.18. The molecule has 0 bridgehead atoms. The van der Waals surface area contributed by atoms with Gasteiger partial charge in [-0.3, -0.25) is 10.1 Å². The van der Waals surface area contributed by atoms with Gasteiger partial charge in [0, 0.05) is 25.6 Å². The average molecular weight is 267 g/mol. The van der Waals surface area contributed by atoms with Crippen molar-refractivity contribution >= 4 is 17.5 Å². The van der Waals surface area contributed by atoms with Crippen LogP contribution in [0.15, 0.2) is 6.20 Å². The number of aromatic nitrogens is 2. The van der Waals surface area contributed by atoms with Crippen molar-refractivity contribution < 1.29 is 9.66 Å². The summed E-state index contributed by atoms with van der Waals surface area (Å²) in [4.78, 5) is 18.5. The third kappa shape index (κ3) is 3.50. The number of rotatable bonds is 6. The van der Waals surface area contributed by atoms with Gasteiger partial charge in [0.2, 0.25) is 11.8 Å². The maximum atomic E-state index is 10.9. The fourth-order valence-corrected chi connectivity index (χ4v) is 1.87. The first-order chi connectivity index (χ1) is 9.20. The molecular formula is C11H17N5O3. The topological polar surface area (TPSA) is 102 Å². The molecule has 8 heteroatoms. The van der Waals surface area contributed by atoms with Gasteiger partial charge < -0.3 is 15.4 Å². The summed E-state index contributed by atoms with van der Waals surface area (Å²) in [5.74, 6) is 1.01. The first kappa shape index (κ1) is 13.5. The summed E-state index contributed by atoms with van der Waals surface area (Å²) in [7, 11) is 0. The lowest BCUT2D eigenvalue weighted by atomic mass is 10.1. The van der Waals surface area contributed by atoms with Crippen LogP contribution in [0, 0.1) is 16.0 Å². The van der Waals surface area contributed by atoms with E-state index in [1.807, 2.05) is 6.92 Å². The van der Waals surface area contributed by atoms with Crippen molar-refractivity contribution in [1.82, 2.24) is 9.97 Å². The van der Waals surface area contributed by atoms with E-state index >= 15 is 0 Å². The fraction of sp³-hybridized carbons (Fsp3) is 0.636. The highest BCUT2D eigenvalue weighted by molar-refractivity contribution is 5.56. The average Bonchev–Trinajstić information content (AvgIpc) is 2.89. The van der Waals surface area contributed by atoms with Gasteiger partial charge in [-0.25, -0.2) is 4.98 Å². The molecule has 1 aliphatic rings. The molecule has 0 saturated carbocycles. The lowest BCUT2D eigenvalue weighted by molar-refractivity contribution is -0.384. The Balaban J connectivity index is 2.09. The number of ether oxygens (including phenoxy) is 1. The summed E-state index contributed by atoms with van der Waals surface area (Å²) in [5.41, 5.74) is -0.111. The maximum absolute atomic E-state index is 10.9. The molecule has 1 atom stereocenters. The van der Waals surface area contributed by atoms with Gasteiger partial charge in [0.1, 0.15) is 6.20 Å². The first-order valence-electron chi connectivity index (χ1n) is 6.27. The summed E-state index contributed by atoms with van der Waals surface area (Å²) in [6.45, 7) is 4.62. The Morgan fingerprint density at radius 2 is 2.42 bits per heavy atom. The molecule has 0 aliphatic carbocycles. The van der Waals surface area contributed by atoms with Crippen molar-refractivity contribution in [3.63, 3.8) is 0 Å². The molecule has 104 valence electrons. The van der Waals surface area contributed by atoms with E-state index in [-0.39, 0.29) is 11.5 Å². The Morgan fingerprint density at radius 3 is 3.05 bits per heavy atom.